The molecular formula is C9H12F3N3O2S. The number of halogens is 3. The monoisotopic (exact) mass is 283 g/mol. The van der Waals surface area contributed by atoms with Crippen LogP contribution in [-0.4, -0.2) is 40.7 Å². The fourth-order valence-corrected chi connectivity index (χ4v) is 1.54. The summed E-state index contributed by atoms with van der Waals surface area (Å²) in [6.07, 6.45) is -2.65. The molecule has 1 rings (SSSR count). The SMILES string of the molecule is COCCNc1nc(S(C)=O)ncc1C(F)(F)F. The normalized spacial score (nSPS) is 13.4. The molecule has 0 radical (unpaired) electrons. The molecule has 1 unspecified atom stereocenters. The first-order valence-electron chi connectivity index (χ1n) is 4.86. The third-order valence-corrected chi connectivity index (χ3v) is 2.64. The van der Waals surface area contributed by atoms with E-state index in [2.05, 4.69) is 15.3 Å². The predicted molar refractivity (Wildman–Crippen MR) is 59.7 cm³/mol. The Kier molecular flexibility index (Phi) is 5.03. The summed E-state index contributed by atoms with van der Waals surface area (Å²) in [5.41, 5.74) is -0.993. The molecule has 18 heavy (non-hydrogen) atoms. The molecule has 1 aromatic rings. The van der Waals surface area contributed by atoms with Gasteiger partial charge in [-0.25, -0.2) is 9.97 Å². The Morgan fingerprint density at radius 1 is 1.50 bits per heavy atom. The molecule has 0 saturated carbocycles. The van der Waals surface area contributed by atoms with Crippen LogP contribution in [0.5, 0.6) is 0 Å². The van der Waals surface area contributed by atoms with E-state index < -0.39 is 22.5 Å². The van der Waals surface area contributed by atoms with E-state index in [1.165, 1.54) is 13.4 Å². The number of anilines is 1. The molecule has 1 N–H and O–H groups in total. The molecule has 102 valence electrons. The van der Waals surface area contributed by atoms with Crippen LogP contribution >= 0.6 is 0 Å². The first kappa shape index (κ1) is 14.8. The summed E-state index contributed by atoms with van der Waals surface area (Å²) in [5, 5.41) is 2.34. The molecule has 0 saturated heterocycles. The molecule has 0 aromatic carbocycles. The zero-order valence-electron chi connectivity index (χ0n) is 9.74. The van der Waals surface area contributed by atoms with Crippen molar-refractivity contribution >= 4 is 16.6 Å². The van der Waals surface area contributed by atoms with Crippen molar-refractivity contribution in [3.8, 4) is 0 Å². The van der Waals surface area contributed by atoms with E-state index in [9.17, 15) is 17.4 Å². The second-order valence-corrected chi connectivity index (χ2v) is 4.56. The number of aromatic nitrogens is 2. The van der Waals surface area contributed by atoms with Gasteiger partial charge in [0.25, 0.3) is 0 Å². The maximum Gasteiger partial charge on any atom is 0.421 e. The number of methoxy groups -OCH3 is 1. The van der Waals surface area contributed by atoms with Crippen molar-refractivity contribution in [3.05, 3.63) is 11.8 Å². The second kappa shape index (κ2) is 6.10. The van der Waals surface area contributed by atoms with E-state index in [0.29, 0.717) is 6.20 Å². The predicted octanol–water partition coefficient (Wildman–Crippen LogP) is 1.29. The van der Waals surface area contributed by atoms with Gasteiger partial charge in [0.05, 0.1) is 17.4 Å². The molecule has 0 amide bonds. The van der Waals surface area contributed by atoms with Gasteiger partial charge < -0.3 is 10.1 Å². The first-order chi connectivity index (χ1) is 8.36. The smallest absolute Gasteiger partial charge is 0.383 e. The Balaban J connectivity index is 3.06. The molecule has 5 nitrogen and oxygen atoms in total. The molecule has 0 aliphatic carbocycles. The second-order valence-electron chi connectivity index (χ2n) is 3.29. The number of hydrogen-bond donors (Lipinski definition) is 1. The zero-order valence-corrected chi connectivity index (χ0v) is 10.6. The third kappa shape index (κ3) is 3.91. The molecular weight excluding hydrogens is 271 g/mol. The molecule has 0 fully saturated rings. The highest BCUT2D eigenvalue weighted by atomic mass is 32.2. The Bertz CT molecular complexity index is 440. The maximum atomic E-state index is 12.7. The summed E-state index contributed by atoms with van der Waals surface area (Å²) < 4.78 is 53.9. The van der Waals surface area contributed by atoms with Gasteiger partial charge >= 0.3 is 6.18 Å². The number of nitrogens with zero attached hydrogens (tertiary/aromatic N) is 2. The number of hydrogen-bond acceptors (Lipinski definition) is 5. The highest BCUT2D eigenvalue weighted by Gasteiger charge is 2.35. The van der Waals surface area contributed by atoms with Gasteiger partial charge in [0.15, 0.2) is 0 Å². The standard InChI is InChI=1S/C9H12F3N3O2S/c1-17-4-3-13-7-6(9(10,11)12)5-14-8(15-7)18(2)16/h5H,3-4H2,1-2H3,(H,13,14,15). The van der Waals surface area contributed by atoms with Gasteiger partial charge in [-0.05, 0) is 0 Å². The van der Waals surface area contributed by atoms with E-state index >= 15 is 0 Å². The summed E-state index contributed by atoms with van der Waals surface area (Å²) in [6, 6.07) is 0. The van der Waals surface area contributed by atoms with Gasteiger partial charge in [-0.15, -0.1) is 0 Å². The van der Waals surface area contributed by atoms with Crippen LogP contribution < -0.4 is 5.32 Å². The first-order valence-corrected chi connectivity index (χ1v) is 6.42. The van der Waals surface area contributed by atoms with Crippen molar-refractivity contribution in [1.82, 2.24) is 9.97 Å². The van der Waals surface area contributed by atoms with Crippen LogP contribution in [-0.2, 0) is 21.7 Å². The molecule has 0 aliphatic rings. The third-order valence-electron chi connectivity index (χ3n) is 1.93. The topological polar surface area (TPSA) is 64.1 Å². The van der Waals surface area contributed by atoms with Crippen molar-refractivity contribution in [1.29, 1.82) is 0 Å². The Morgan fingerprint density at radius 3 is 2.67 bits per heavy atom. The summed E-state index contributed by atoms with van der Waals surface area (Å²) in [5.74, 6) is -0.389. The summed E-state index contributed by atoms with van der Waals surface area (Å²) in [7, 11) is -0.113. The lowest BCUT2D eigenvalue weighted by Gasteiger charge is -2.13. The lowest BCUT2D eigenvalue weighted by atomic mass is 10.3. The minimum Gasteiger partial charge on any atom is -0.383 e. The zero-order chi connectivity index (χ0) is 13.8. The fourth-order valence-electron chi connectivity index (χ4n) is 1.12. The Labute approximate surface area is 104 Å². The van der Waals surface area contributed by atoms with Crippen molar-refractivity contribution in [2.24, 2.45) is 0 Å². The highest BCUT2D eigenvalue weighted by molar-refractivity contribution is 7.84. The van der Waals surface area contributed by atoms with E-state index in [1.807, 2.05) is 0 Å². The van der Waals surface area contributed by atoms with Crippen LogP contribution in [0.4, 0.5) is 19.0 Å². The largest absolute Gasteiger partial charge is 0.421 e. The van der Waals surface area contributed by atoms with Gasteiger partial charge in [-0.3, -0.25) is 4.21 Å². The average Bonchev–Trinajstić information content (AvgIpc) is 2.27. The van der Waals surface area contributed by atoms with Crippen molar-refractivity contribution in [2.45, 2.75) is 11.3 Å². The molecule has 9 heteroatoms. The quantitative estimate of drug-likeness (QED) is 0.651. The van der Waals surface area contributed by atoms with Gasteiger partial charge in [-0.1, -0.05) is 0 Å². The fraction of sp³-hybridized carbons (Fsp3) is 0.556. The maximum absolute atomic E-state index is 12.7. The van der Waals surface area contributed by atoms with Crippen molar-refractivity contribution in [2.75, 3.05) is 31.8 Å². The van der Waals surface area contributed by atoms with E-state index in [1.54, 1.807) is 0 Å². The number of alkyl halides is 3. The lowest BCUT2D eigenvalue weighted by Crippen LogP contribution is -2.17. The summed E-state index contributed by atoms with van der Waals surface area (Å²) >= 11 is 0. The van der Waals surface area contributed by atoms with Crippen LogP contribution in [0.3, 0.4) is 0 Å². The van der Waals surface area contributed by atoms with Crippen molar-refractivity contribution in [3.63, 3.8) is 0 Å². The molecule has 0 bridgehead atoms. The van der Waals surface area contributed by atoms with Crippen LogP contribution in [0.25, 0.3) is 0 Å². The highest BCUT2D eigenvalue weighted by Crippen LogP contribution is 2.33. The number of nitrogens with one attached hydrogen (secondary N) is 1. The van der Waals surface area contributed by atoms with Crippen LogP contribution in [0, 0.1) is 0 Å². The summed E-state index contributed by atoms with van der Waals surface area (Å²) in [6.45, 7) is 0.387. The molecule has 0 aliphatic heterocycles. The van der Waals surface area contributed by atoms with Crippen LogP contribution in [0.2, 0.25) is 0 Å². The minimum atomic E-state index is -4.57. The number of rotatable bonds is 5. The average molecular weight is 283 g/mol. The molecule has 1 aromatic heterocycles. The van der Waals surface area contributed by atoms with Crippen LogP contribution in [0.1, 0.15) is 5.56 Å². The van der Waals surface area contributed by atoms with Gasteiger partial charge in [0.2, 0.25) is 5.16 Å². The van der Waals surface area contributed by atoms with Gasteiger partial charge in [-0.2, -0.15) is 13.2 Å². The lowest BCUT2D eigenvalue weighted by molar-refractivity contribution is -0.137. The van der Waals surface area contributed by atoms with E-state index in [0.717, 1.165) is 0 Å². The summed E-state index contributed by atoms with van der Waals surface area (Å²) in [4.78, 5) is 7.04. The Hall–Kier alpha value is -1.22. The molecule has 1 atom stereocenters. The number of ether oxygens (including phenoxy) is 1. The molecule has 0 spiro atoms. The van der Waals surface area contributed by atoms with E-state index in [4.69, 9.17) is 4.74 Å². The van der Waals surface area contributed by atoms with Gasteiger partial charge in [0.1, 0.15) is 11.4 Å². The van der Waals surface area contributed by atoms with Gasteiger partial charge in [0, 0.05) is 26.1 Å². The van der Waals surface area contributed by atoms with E-state index in [-0.39, 0.29) is 24.1 Å². The van der Waals surface area contributed by atoms with Crippen molar-refractivity contribution < 1.29 is 22.1 Å². The minimum absolute atomic E-state index is 0.150. The Morgan fingerprint density at radius 2 is 2.17 bits per heavy atom. The van der Waals surface area contributed by atoms with Crippen LogP contribution in [0.15, 0.2) is 11.4 Å². The molecule has 1 heterocycles.